The first-order valence-electron chi connectivity index (χ1n) is 19.7. The number of para-hydroxylation sites is 2. The number of amides is 4. The zero-order valence-corrected chi connectivity index (χ0v) is 33.9. The van der Waals surface area contributed by atoms with Crippen molar-refractivity contribution >= 4 is 50.9 Å². The number of carbonyl (C=O) groups is 4. The van der Waals surface area contributed by atoms with Gasteiger partial charge in [-0.05, 0) is 81.4 Å². The molecular formula is C40H50F4N6O7S. The molecule has 2 aromatic rings. The first-order valence-corrected chi connectivity index (χ1v) is 21.0. The van der Waals surface area contributed by atoms with E-state index in [-0.39, 0.29) is 41.8 Å². The fourth-order valence-corrected chi connectivity index (χ4v) is 9.86. The van der Waals surface area contributed by atoms with Crippen LogP contribution in [0.15, 0.2) is 36.4 Å². The lowest BCUT2D eigenvalue weighted by atomic mass is 9.85. The van der Waals surface area contributed by atoms with Gasteiger partial charge in [0, 0.05) is 11.2 Å². The molecule has 3 heterocycles. The summed E-state index contributed by atoms with van der Waals surface area (Å²) in [5.74, 6) is -8.15. The Morgan fingerprint density at radius 1 is 1.07 bits per heavy atom. The molecule has 1 aromatic heterocycles. The second-order valence-electron chi connectivity index (χ2n) is 17.1. The van der Waals surface area contributed by atoms with Crippen LogP contribution in [0.4, 0.5) is 22.4 Å². The molecule has 1 aromatic carbocycles. The number of rotatable bonds is 6. The van der Waals surface area contributed by atoms with Gasteiger partial charge < -0.3 is 34.5 Å². The number of hydrogen-bond donors (Lipinski definition) is 3. The number of fused-ring (bicyclic) bond motifs is 5. The summed E-state index contributed by atoms with van der Waals surface area (Å²) in [6.07, 6.45) is -1.89. The van der Waals surface area contributed by atoms with E-state index in [1.807, 2.05) is 12.3 Å². The Morgan fingerprint density at radius 3 is 2.40 bits per heavy atom. The van der Waals surface area contributed by atoms with Crippen LogP contribution in [0.25, 0.3) is 11.0 Å². The third-order valence-electron chi connectivity index (χ3n) is 11.7. The van der Waals surface area contributed by atoms with Crippen LogP contribution in [0.3, 0.4) is 0 Å². The predicted octanol–water partition coefficient (Wildman–Crippen LogP) is 5.53. The average Bonchev–Trinajstić information content (AvgIpc) is 3.98. The molecule has 3 N–H and O–H groups in total. The number of ether oxygens (including phenoxy) is 3. The molecule has 4 amide bonds. The molecule has 0 spiro atoms. The lowest BCUT2D eigenvalue weighted by Gasteiger charge is -2.35. The zero-order chi connectivity index (χ0) is 41.8. The summed E-state index contributed by atoms with van der Waals surface area (Å²) in [5, 5.41) is 7.09. The minimum Gasteiger partial charge on any atom is -0.471 e. The molecular weight excluding hydrogens is 785 g/mol. The molecule has 13 nitrogen and oxygen atoms in total. The number of allylic oxidation sites excluding steroid dienone is 1. The summed E-state index contributed by atoms with van der Waals surface area (Å²) in [6.45, 7) is 8.30. The van der Waals surface area contributed by atoms with E-state index in [1.165, 1.54) is 6.07 Å². The highest BCUT2D eigenvalue weighted by Gasteiger charge is 2.66. The maximum absolute atomic E-state index is 16.1. The number of alkyl halides is 4. The van der Waals surface area contributed by atoms with Gasteiger partial charge in [0.1, 0.15) is 29.8 Å². The van der Waals surface area contributed by atoms with E-state index >= 15 is 8.78 Å². The Hall–Kier alpha value is -4.32. The van der Waals surface area contributed by atoms with E-state index in [0.717, 1.165) is 23.8 Å². The number of benzene rings is 1. The Kier molecular flexibility index (Phi) is 11.3. The average molecular weight is 835 g/mol. The van der Waals surface area contributed by atoms with Gasteiger partial charge in [0.2, 0.25) is 24.1 Å². The number of alkyl carbamates (subject to hydrolysis) is 1. The van der Waals surface area contributed by atoms with E-state index < -0.39 is 106 Å². The van der Waals surface area contributed by atoms with Crippen molar-refractivity contribution in [2.75, 3.05) is 13.2 Å². The molecule has 2 aliphatic heterocycles. The Bertz CT molecular complexity index is 2030. The Labute approximate surface area is 336 Å². The van der Waals surface area contributed by atoms with Crippen molar-refractivity contribution in [2.45, 2.75) is 133 Å². The normalized spacial score (nSPS) is 31.8. The minimum atomic E-state index is -3.73. The number of aromatic nitrogens is 2. The van der Waals surface area contributed by atoms with Crippen molar-refractivity contribution in [3.05, 3.63) is 42.1 Å². The summed E-state index contributed by atoms with van der Waals surface area (Å²) in [4.78, 5) is 66.1. The van der Waals surface area contributed by atoms with Gasteiger partial charge in [-0.25, -0.2) is 23.5 Å². The molecule has 2 unspecified atom stereocenters. The third-order valence-corrected chi connectivity index (χ3v) is 14.1. The number of hydrogen-bond acceptors (Lipinski definition) is 9. The molecule has 3 aliphatic carbocycles. The molecule has 1 saturated heterocycles. The van der Waals surface area contributed by atoms with E-state index in [9.17, 15) is 28.0 Å². The Morgan fingerprint density at radius 2 is 1.76 bits per heavy atom. The van der Waals surface area contributed by atoms with Gasteiger partial charge in [-0.15, -0.1) is 0 Å². The molecule has 7 rings (SSSR count). The maximum Gasteiger partial charge on any atom is 0.408 e. The predicted molar refractivity (Wildman–Crippen MR) is 207 cm³/mol. The lowest BCUT2D eigenvalue weighted by molar-refractivity contribution is -0.143. The van der Waals surface area contributed by atoms with Crippen molar-refractivity contribution < 1.29 is 51.0 Å². The zero-order valence-electron chi connectivity index (χ0n) is 33.1. The van der Waals surface area contributed by atoms with Crippen LogP contribution in [0.2, 0.25) is 0 Å². The van der Waals surface area contributed by atoms with Gasteiger partial charge in [-0.3, -0.25) is 14.4 Å². The topological polar surface area (TPSA) is 161 Å². The van der Waals surface area contributed by atoms with Crippen molar-refractivity contribution in [2.24, 2.45) is 11.3 Å². The minimum absolute atomic E-state index is 0.173. The highest BCUT2D eigenvalue weighted by atomic mass is 32.2. The summed E-state index contributed by atoms with van der Waals surface area (Å²) >= 11 is 0. The molecule has 316 valence electrons. The van der Waals surface area contributed by atoms with Gasteiger partial charge in [0.05, 0.1) is 36.2 Å². The van der Waals surface area contributed by atoms with Crippen LogP contribution < -0.4 is 20.1 Å². The number of nitrogens with one attached hydrogen (secondary N) is 3. The molecule has 0 radical (unpaired) electrons. The number of nitrogens with zero attached hydrogens (tertiary/aromatic N) is 3. The van der Waals surface area contributed by atoms with Crippen LogP contribution in [0.1, 0.15) is 85.3 Å². The van der Waals surface area contributed by atoms with Crippen molar-refractivity contribution in [1.82, 2.24) is 30.2 Å². The smallest absolute Gasteiger partial charge is 0.408 e. The fraction of sp³-hybridized carbons (Fsp3) is 0.625. The van der Waals surface area contributed by atoms with E-state index in [2.05, 4.69) is 25.3 Å². The molecule has 58 heavy (non-hydrogen) atoms. The van der Waals surface area contributed by atoms with Crippen LogP contribution in [0.5, 0.6) is 5.88 Å². The molecule has 5 aliphatic rings. The third kappa shape index (κ3) is 8.40. The highest BCUT2D eigenvalue weighted by Crippen LogP contribution is 2.53. The summed E-state index contributed by atoms with van der Waals surface area (Å²) < 4.78 is 81.3. The van der Waals surface area contributed by atoms with Crippen molar-refractivity contribution in [1.29, 1.82) is 0 Å². The molecule has 18 heteroatoms. The van der Waals surface area contributed by atoms with E-state index in [0.29, 0.717) is 25.3 Å². The lowest BCUT2D eigenvalue weighted by Crippen LogP contribution is -2.60. The second-order valence-corrected chi connectivity index (χ2v) is 19.5. The second kappa shape index (κ2) is 15.7. The van der Waals surface area contributed by atoms with Gasteiger partial charge in [-0.1, -0.05) is 49.7 Å². The summed E-state index contributed by atoms with van der Waals surface area (Å²) in [6, 6.07) is 3.65. The van der Waals surface area contributed by atoms with E-state index in [1.54, 1.807) is 45.9 Å². The van der Waals surface area contributed by atoms with Crippen molar-refractivity contribution in [3.63, 3.8) is 0 Å². The van der Waals surface area contributed by atoms with Gasteiger partial charge in [0.15, 0.2) is 5.69 Å². The number of carbonyl (C=O) groups excluding carboxylic acids is 4. The van der Waals surface area contributed by atoms with E-state index in [4.69, 9.17) is 14.2 Å². The van der Waals surface area contributed by atoms with Crippen LogP contribution >= 0.6 is 10.7 Å². The standard InChI is InChI=1S/C40H50F4N6O7S/c1-6-58(38(5)16-17-38)49-35(53)39(20-23(39)31(41)42)48-32(51)26-19-22-21-50(26)34(52)30(37(2,3)4)47-36(54)57-28-14-9-13-27(28)55-18-10-15-40(43,44)29-33(56-22)46-25-12-8-7-11-24(25)45-29/h6-8,10-12,15,22-23,26-28,30-31H,9,13-14,16-21H2,1-5H3,(H,47,54)(H,48,51)(H,49,53)/b15-10+/t22-,23?,26+,27-,28-,30-,39-,58?/m1/s1. The summed E-state index contributed by atoms with van der Waals surface area (Å²) in [5.41, 5.74) is -3.31. The van der Waals surface area contributed by atoms with Crippen molar-refractivity contribution in [3.8, 4) is 5.88 Å². The largest absolute Gasteiger partial charge is 0.471 e. The SMILES string of the molecule is C/C=S(/NC(=O)[C@@]1(NC(=O)[C@@H]2C[C@@H]3CN2C(=O)[C@H](C(C)(C)C)NC(=O)O[C@@H]2CCC[C@H]2OC/C=C/C(F)(F)c2nc4ccccc4nc2O3)CC1C(F)F)C1(C)CC1. The number of halogens is 4. The first kappa shape index (κ1) is 41.8. The molecule has 3 saturated carbocycles. The monoisotopic (exact) mass is 834 g/mol. The fourth-order valence-electron chi connectivity index (χ4n) is 8.00. The molecule has 8 atom stereocenters. The van der Waals surface area contributed by atoms with Gasteiger partial charge >= 0.3 is 12.0 Å². The van der Waals surface area contributed by atoms with Gasteiger partial charge in [0.25, 0.3) is 5.91 Å². The highest BCUT2D eigenvalue weighted by molar-refractivity contribution is 8.15. The van der Waals surface area contributed by atoms with Crippen LogP contribution in [-0.4, -0.2) is 104 Å². The quantitative estimate of drug-likeness (QED) is 0.193. The molecule has 4 fully saturated rings. The van der Waals surface area contributed by atoms with Gasteiger partial charge in [-0.2, -0.15) is 8.78 Å². The van der Waals surface area contributed by atoms with Crippen LogP contribution in [0, 0.1) is 11.3 Å². The summed E-state index contributed by atoms with van der Waals surface area (Å²) in [7, 11) is -0.750. The van der Waals surface area contributed by atoms with Crippen LogP contribution in [-0.2, 0) is 29.8 Å². The maximum atomic E-state index is 16.1. The Balaban J connectivity index is 1.26. The molecule has 2 bridgehead atoms. The first-order chi connectivity index (χ1) is 27.3.